The summed E-state index contributed by atoms with van der Waals surface area (Å²) in [6.07, 6.45) is 9.01. The average molecular weight is 510 g/mol. The summed E-state index contributed by atoms with van der Waals surface area (Å²) in [4.78, 5) is 15.1. The molecule has 0 bridgehead atoms. The zero-order valence-corrected chi connectivity index (χ0v) is 22.2. The zero-order chi connectivity index (χ0) is 25.1. The topological polar surface area (TPSA) is 83.1 Å². The Morgan fingerprint density at radius 1 is 1.31 bits per heavy atom. The summed E-state index contributed by atoms with van der Waals surface area (Å²) in [7, 11) is 3.61. The fourth-order valence-corrected chi connectivity index (χ4v) is 5.73. The summed E-state index contributed by atoms with van der Waals surface area (Å²) in [5.74, 6) is 0.680. The molecule has 1 aliphatic carbocycles. The largest absolute Gasteiger partial charge is 0.385 e. The smallest absolute Gasteiger partial charge is 0.317 e. The summed E-state index contributed by atoms with van der Waals surface area (Å²) < 4.78 is 11.3. The Bertz CT molecular complexity index is 777. The van der Waals surface area contributed by atoms with Crippen LogP contribution in [-0.4, -0.2) is 75.2 Å². The van der Waals surface area contributed by atoms with E-state index < -0.39 is 11.7 Å². The first-order chi connectivity index (χ1) is 17.0. The number of rotatable bonds is 12. The van der Waals surface area contributed by atoms with Crippen molar-refractivity contribution in [2.24, 2.45) is 5.92 Å². The molecule has 3 N–H and O–H groups in total. The Morgan fingerprint density at radius 2 is 2.11 bits per heavy atom. The lowest BCUT2D eigenvalue weighted by molar-refractivity contribution is -0.146. The Morgan fingerprint density at radius 3 is 2.83 bits per heavy atom. The Kier molecular flexibility index (Phi) is 11.6. The SMILES string of the molecule is CNCC(CC1CCCCC1)NC(=O)N1CCO[C@@H]([C@@](O)(CCCCOC)c2cccc(Cl)c2)C1. The van der Waals surface area contributed by atoms with Gasteiger partial charge in [-0.1, -0.05) is 55.8 Å². The van der Waals surface area contributed by atoms with Gasteiger partial charge in [-0.25, -0.2) is 4.79 Å². The van der Waals surface area contributed by atoms with E-state index in [1.54, 1.807) is 24.1 Å². The van der Waals surface area contributed by atoms with Crippen molar-refractivity contribution in [2.75, 3.05) is 47.0 Å². The first-order valence-electron chi connectivity index (χ1n) is 13.2. The van der Waals surface area contributed by atoms with Gasteiger partial charge in [0.05, 0.1) is 13.2 Å². The van der Waals surface area contributed by atoms with Crippen LogP contribution in [0.25, 0.3) is 0 Å². The number of carbonyl (C=O) groups is 1. The minimum atomic E-state index is -1.25. The monoisotopic (exact) mass is 509 g/mol. The van der Waals surface area contributed by atoms with Gasteiger partial charge in [0.2, 0.25) is 0 Å². The average Bonchev–Trinajstić information content (AvgIpc) is 2.87. The van der Waals surface area contributed by atoms with Crippen molar-refractivity contribution < 1.29 is 19.4 Å². The van der Waals surface area contributed by atoms with Crippen LogP contribution in [0.3, 0.4) is 0 Å². The van der Waals surface area contributed by atoms with E-state index in [4.69, 9.17) is 21.1 Å². The van der Waals surface area contributed by atoms with Crippen LogP contribution in [0.2, 0.25) is 5.02 Å². The summed E-state index contributed by atoms with van der Waals surface area (Å²) in [5, 5.41) is 19.0. The molecule has 8 heteroatoms. The number of nitrogens with one attached hydrogen (secondary N) is 2. The number of carbonyl (C=O) groups excluding carboxylic acids is 1. The number of hydrogen-bond acceptors (Lipinski definition) is 5. The van der Waals surface area contributed by atoms with Crippen molar-refractivity contribution in [3.05, 3.63) is 34.9 Å². The molecule has 1 aromatic carbocycles. The van der Waals surface area contributed by atoms with Crippen LogP contribution >= 0.6 is 11.6 Å². The normalized spacial score (nSPS) is 21.9. The number of hydrogen-bond donors (Lipinski definition) is 3. The maximum Gasteiger partial charge on any atom is 0.317 e. The van der Waals surface area contributed by atoms with E-state index in [0.717, 1.165) is 31.4 Å². The second-order valence-electron chi connectivity index (χ2n) is 10.1. The van der Waals surface area contributed by atoms with E-state index in [1.807, 2.05) is 19.2 Å². The lowest BCUT2D eigenvalue weighted by Crippen LogP contribution is -2.58. The van der Waals surface area contributed by atoms with Crippen LogP contribution in [0.5, 0.6) is 0 Å². The second-order valence-corrected chi connectivity index (χ2v) is 10.6. The molecule has 3 atom stereocenters. The van der Waals surface area contributed by atoms with E-state index in [9.17, 15) is 9.90 Å². The molecule has 1 saturated heterocycles. The third-order valence-corrected chi connectivity index (χ3v) is 7.72. The minimum Gasteiger partial charge on any atom is -0.385 e. The van der Waals surface area contributed by atoms with Crippen LogP contribution < -0.4 is 10.6 Å². The highest BCUT2D eigenvalue weighted by Gasteiger charge is 2.42. The summed E-state index contributed by atoms with van der Waals surface area (Å²) in [6.45, 7) is 2.61. The molecule has 0 radical (unpaired) electrons. The van der Waals surface area contributed by atoms with Gasteiger partial charge in [-0.15, -0.1) is 0 Å². The van der Waals surface area contributed by atoms with Crippen molar-refractivity contribution in [3.8, 4) is 0 Å². The maximum absolute atomic E-state index is 13.3. The predicted molar refractivity (Wildman–Crippen MR) is 140 cm³/mol. The summed E-state index contributed by atoms with van der Waals surface area (Å²) >= 11 is 6.27. The molecule has 35 heavy (non-hydrogen) atoms. The molecule has 1 saturated carbocycles. The van der Waals surface area contributed by atoms with E-state index in [0.29, 0.717) is 43.7 Å². The number of methoxy groups -OCH3 is 1. The number of ether oxygens (including phenoxy) is 2. The Hall–Kier alpha value is -1.38. The van der Waals surface area contributed by atoms with Crippen molar-refractivity contribution in [2.45, 2.75) is 75.5 Å². The molecule has 3 rings (SSSR count). The highest BCUT2D eigenvalue weighted by molar-refractivity contribution is 6.30. The molecule has 7 nitrogen and oxygen atoms in total. The quantitative estimate of drug-likeness (QED) is 0.366. The van der Waals surface area contributed by atoms with Crippen molar-refractivity contribution in [3.63, 3.8) is 0 Å². The molecular weight excluding hydrogens is 466 g/mol. The van der Waals surface area contributed by atoms with Gasteiger partial charge in [0.15, 0.2) is 0 Å². The molecular formula is C27H44ClN3O4. The van der Waals surface area contributed by atoms with Gasteiger partial charge in [0.1, 0.15) is 11.7 Å². The molecule has 1 aliphatic heterocycles. The standard InChI is InChI=1S/C27H44ClN3O4/c1-29-19-24(17-21-9-4-3-5-10-21)30-26(32)31-14-16-35-25(20-31)27(33,13-6-7-15-34-2)22-11-8-12-23(28)18-22/h8,11-12,18,21,24-25,29,33H,3-7,9-10,13-17,19-20H2,1-2H3,(H,30,32)/t24?,25-,27-/m1/s1. The fraction of sp³-hybridized carbons (Fsp3) is 0.741. The minimum absolute atomic E-state index is 0.0813. The van der Waals surface area contributed by atoms with Gasteiger partial charge >= 0.3 is 6.03 Å². The number of urea groups is 1. The number of morpholine rings is 1. The van der Waals surface area contributed by atoms with E-state index in [1.165, 1.54) is 32.1 Å². The van der Waals surface area contributed by atoms with Crippen molar-refractivity contribution >= 4 is 17.6 Å². The number of unbranched alkanes of at least 4 members (excludes halogenated alkanes) is 1. The van der Waals surface area contributed by atoms with Gasteiger partial charge in [-0.05, 0) is 56.3 Å². The maximum atomic E-state index is 13.3. The molecule has 2 fully saturated rings. The lowest BCUT2D eigenvalue weighted by Gasteiger charge is -2.43. The number of benzene rings is 1. The van der Waals surface area contributed by atoms with Gasteiger partial charge in [-0.2, -0.15) is 0 Å². The molecule has 198 valence electrons. The van der Waals surface area contributed by atoms with Gasteiger partial charge < -0.3 is 30.1 Å². The molecule has 1 unspecified atom stereocenters. The van der Waals surface area contributed by atoms with Crippen molar-refractivity contribution in [1.29, 1.82) is 0 Å². The molecule has 1 aromatic rings. The first-order valence-corrected chi connectivity index (χ1v) is 13.6. The second kappa shape index (κ2) is 14.4. The van der Waals surface area contributed by atoms with E-state index in [2.05, 4.69) is 10.6 Å². The van der Waals surface area contributed by atoms with Crippen LogP contribution in [-0.2, 0) is 15.1 Å². The van der Waals surface area contributed by atoms with E-state index in [-0.39, 0.29) is 12.1 Å². The van der Waals surface area contributed by atoms with Gasteiger partial charge in [0, 0.05) is 37.9 Å². The predicted octanol–water partition coefficient (Wildman–Crippen LogP) is 4.31. The highest BCUT2D eigenvalue weighted by Crippen LogP contribution is 2.35. The zero-order valence-electron chi connectivity index (χ0n) is 21.4. The number of amides is 2. The summed E-state index contributed by atoms with van der Waals surface area (Å²) in [6, 6.07) is 7.34. The Labute approximate surface area is 215 Å². The molecule has 0 aromatic heterocycles. The van der Waals surface area contributed by atoms with Crippen LogP contribution in [0, 0.1) is 5.92 Å². The third-order valence-electron chi connectivity index (χ3n) is 7.49. The molecule has 1 heterocycles. The van der Waals surface area contributed by atoms with Gasteiger partial charge in [-0.3, -0.25) is 0 Å². The lowest BCUT2D eigenvalue weighted by atomic mass is 9.82. The van der Waals surface area contributed by atoms with Gasteiger partial charge in [0.25, 0.3) is 0 Å². The first kappa shape index (κ1) is 28.2. The number of aliphatic hydroxyl groups is 1. The van der Waals surface area contributed by atoms with E-state index >= 15 is 0 Å². The Balaban J connectivity index is 1.67. The van der Waals surface area contributed by atoms with Crippen molar-refractivity contribution in [1.82, 2.24) is 15.5 Å². The van der Waals surface area contributed by atoms with Crippen LogP contribution in [0.1, 0.15) is 63.4 Å². The molecule has 2 amide bonds. The summed E-state index contributed by atoms with van der Waals surface area (Å²) in [5.41, 5.74) is -0.524. The van der Waals surface area contributed by atoms with Crippen LogP contribution in [0.4, 0.5) is 4.79 Å². The highest BCUT2D eigenvalue weighted by atomic mass is 35.5. The molecule has 2 aliphatic rings. The fourth-order valence-electron chi connectivity index (χ4n) is 5.54. The molecule has 0 spiro atoms. The number of halogens is 1. The van der Waals surface area contributed by atoms with Crippen LogP contribution in [0.15, 0.2) is 24.3 Å². The third kappa shape index (κ3) is 8.32. The number of nitrogens with zero attached hydrogens (tertiary/aromatic N) is 1. The number of likely N-dealkylation sites (N-methyl/N-ethyl adjacent to an activating group) is 1.